The van der Waals surface area contributed by atoms with Crippen molar-refractivity contribution in [1.29, 1.82) is 0 Å². The molecule has 1 aliphatic heterocycles. The van der Waals surface area contributed by atoms with Crippen molar-refractivity contribution in [2.24, 2.45) is 5.41 Å². The molecule has 2 aliphatic rings. The molecule has 4 rings (SSSR count). The van der Waals surface area contributed by atoms with Crippen LogP contribution in [0.5, 0.6) is 0 Å². The molecule has 0 unspecified atom stereocenters. The summed E-state index contributed by atoms with van der Waals surface area (Å²) in [5.41, 5.74) is 3.57. The highest BCUT2D eigenvalue weighted by atomic mass is 35.5. The lowest BCUT2D eigenvalue weighted by molar-refractivity contribution is -0.384. The minimum absolute atomic E-state index is 0.00596. The number of halogens is 1. The van der Waals surface area contributed by atoms with E-state index in [1.54, 1.807) is 24.3 Å². The van der Waals surface area contributed by atoms with Gasteiger partial charge in [0.1, 0.15) is 0 Å². The lowest BCUT2D eigenvalue weighted by atomic mass is 9.73. The van der Waals surface area contributed by atoms with Crippen molar-refractivity contribution in [3.8, 4) is 0 Å². The molecule has 1 heterocycles. The van der Waals surface area contributed by atoms with Crippen LogP contribution in [0.3, 0.4) is 0 Å². The molecule has 1 atom stereocenters. The number of carbonyl (C=O) groups excluding carboxylic acids is 1. The number of anilines is 2. The molecule has 0 saturated carbocycles. The van der Waals surface area contributed by atoms with Crippen molar-refractivity contribution in [3.05, 3.63) is 74.4 Å². The molecule has 2 N–H and O–H groups in total. The van der Waals surface area contributed by atoms with Gasteiger partial charge in [0.25, 0.3) is 5.69 Å². The lowest BCUT2D eigenvalue weighted by Crippen LogP contribution is -2.31. The van der Waals surface area contributed by atoms with Crippen molar-refractivity contribution < 1.29 is 9.72 Å². The van der Waals surface area contributed by atoms with Gasteiger partial charge in [-0.25, -0.2) is 0 Å². The van der Waals surface area contributed by atoms with Crippen LogP contribution in [-0.2, 0) is 4.79 Å². The van der Waals surface area contributed by atoms with E-state index in [2.05, 4.69) is 24.5 Å². The van der Waals surface area contributed by atoms with E-state index >= 15 is 0 Å². The molecule has 0 aromatic heterocycles. The van der Waals surface area contributed by atoms with E-state index in [1.807, 2.05) is 6.07 Å². The number of rotatable bonds is 2. The van der Waals surface area contributed by atoms with Gasteiger partial charge < -0.3 is 10.6 Å². The van der Waals surface area contributed by atoms with Crippen LogP contribution in [0.2, 0.25) is 5.02 Å². The molecule has 28 heavy (non-hydrogen) atoms. The maximum absolute atomic E-state index is 13.1. The number of hydrogen-bond acceptors (Lipinski definition) is 5. The fourth-order valence-electron chi connectivity index (χ4n) is 3.98. The number of Topliss-reactive ketones (excluding diaryl/α,β-unsaturated/α-hetero) is 1. The van der Waals surface area contributed by atoms with Gasteiger partial charge in [-0.2, -0.15) is 0 Å². The Kier molecular flexibility index (Phi) is 4.38. The third kappa shape index (κ3) is 3.36. The normalized spacial score (nSPS) is 20.4. The van der Waals surface area contributed by atoms with Gasteiger partial charge in [-0.05, 0) is 35.6 Å². The maximum Gasteiger partial charge on any atom is 0.269 e. The van der Waals surface area contributed by atoms with Crippen LogP contribution >= 0.6 is 11.6 Å². The first-order valence-corrected chi connectivity index (χ1v) is 9.45. The van der Waals surface area contributed by atoms with Gasteiger partial charge in [0.05, 0.1) is 22.3 Å². The van der Waals surface area contributed by atoms with Crippen molar-refractivity contribution in [1.82, 2.24) is 0 Å². The molecule has 0 radical (unpaired) electrons. The van der Waals surface area contributed by atoms with Crippen LogP contribution in [0.25, 0.3) is 0 Å². The quantitative estimate of drug-likeness (QED) is 0.518. The third-order valence-electron chi connectivity index (χ3n) is 5.19. The molecule has 0 bridgehead atoms. The first kappa shape index (κ1) is 18.5. The Labute approximate surface area is 167 Å². The average Bonchev–Trinajstić information content (AvgIpc) is 2.77. The molecule has 144 valence electrons. The monoisotopic (exact) mass is 397 g/mol. The van der Waals surface area contributed by atoms with Gasteiger partial charge in [-0.1, -0.05) is 37.6 Å². The van der Waals surface area contributed by atoms with Gasteiger partial charge in [-0.15, -0.1) is 0 Å². The lowest BCUT2D eigenvalue weighted by Gasteiger charge is -2.34. The van der Waals surface area contributed by atoms with E-state index < -0.39 is 11.0 Å². The Morgan fingerprint density at radius 1 is 1.14 bits per heavy atom. The molecule has 1 aliphatic carbocycles. The van der Waals surface area contributed by atoms with Crippen LogP contribution in [-0.4, -0.2) is 10.7 Å². The van der Waals surface area contributed by atoms with Crippen LogP contribution in [0.1, 0.15) is 38.3 Å². The van der Waals surface area contributed by atoms with Gasteiger partial charge in [0, 0.05) is 34.8 Å². The molecular weight excluding hydrogens is 378 g/mol. The van der Waals surface area contributed by atoms with E-state index in [4.69, 9.17) is 11.6 Å². The number of benzene rings is 2. The van der Waals surface area contributed by atoms with Crippen LogP contribution < -0.4 is 10.6 Å². The maximum atomic E-state index is 13.1. The van der Waals surface area contributed by atoms with E-state index in [9.17, 15) is 14.9 Å². The van der Waals surface area contributed by atoms with Gasteiger partial charge >= 0.3 is 0 Å². The van der Waals surface area contributed by atoms with Crippen LogP contribution in [0.15, 0.2) is 53.7 Å². The van der Waals surface area contributed by atoms with Crippen LogP contribution in [0, 0.1) is 15.5 Å². The SMILES string of the molecule is CC1(C)CC(=O)C2=C(C1)Nc1ccc(Cl)cc1N[C@@H]2c1cccc([N+](=O)[O-])c1. The summed E-state index contributed by atoms with van der Waals surface area (Å²) in [6.45, 7) is 4.14. The summed E-state index contributed by atoms with van der Waals surface area (Å²) in [4.78, 5) is 23.9. The summed E-state index contributed by atoms with van der Waals surface area (Å²) in [5, 5.41) is 18.6. The Bertz CT molecular complexity index is 1030. The molecule has 6 nitrogen and oxygen atoms in total. The zero-order valence-electron chi connectivity index (χ0n) is 15.6. The van der Waals surface area contributed by atoms with Crippen molar-refractivity contribution in [3.63, 3.8) is 0 Å². The summed E-state index contributed by atoms with van der Waals surface area (Å²) in [6, 6.07) is 11.4. The molecular formula is C21H20ClN3O3. The molecule has 0 saturated heterocycles. The summed E-state index contributed by atoms with van der Waals surface area (Å²) in [6.07, 6.45) is 1.14. The number of nitro groups is 1. The smallest absolute Gasteiger partial charge is 0.269 e. The fraction of sp³-hybridized carbons (Fsp3) is 0.286. The number of fused-ring (bicyclic) bond motifs is 1. The highest BCUT2D eigenvalue weighted by molar-refractivity contribution is 6.31. The first-order chi connectivity index (χ1) is 13.2. The van der Waals surface area contributed by atoms with Crippen molar-refractivity contribution in [2.75, 3.05) is 10.6 Å². The van der Waals surface area contributed by atoms with E-state index in [1.165, 1.54) is 12.1 Å². The van der Waals surface area contributed by atoms with Crippen molar-refractivity contribution in [2.45, 2.75) is 32.7 Å². The Morgan fingerprint density at radius 3 is 2.68 bits per heavy atom. The zero-order chi connectivity index (χ0) is 20.1. The minimum atomic E-state index is -0.495. The summed E-state index contributed by atoms with van der Waals surface area (Å²) < 4.78 is 0. The predicted molar refractivity (Wildman–Crippen MR) is 110 cm³/mol. The molecule has 2 aromatic rings. The van der Waals surface area contributed by atoms with Gasteiger partial charge in [-0.3, -0.25) is 14.9 Å². The molecule has 7 heteroatoms. The fourth-order valence-corrected chi connectivity index (χ4v) is 4.16. The molecule has 0 spiro atoms. The van der Waals surface area contributed by atoms with E-state index in [0.29, 0.717) is 29.0 Å². The van der Waals surface area contributed by atoms with E-state index in [0.717, 1.165) is 17.1 Å². The Hall–Kier alpha value is -2.86. The second kappa shape index (κ2) is 6.63. The molecule has 0 fully saturated rings. The number of non-ortho nitro benzene ring substituents is 1. The average molecular weight is 398 g/mol. The highest BCUT2D eigenvalue weighted by Gasteiger charge is 2.39. The number of hydrogen-bond donors (Lipinski definition) is 2. The predicted octanol–water partition coefficient (Wildman–Crippen LogP) is 5.47. The number of nitrogens with one attached hydrogen (secondary N) is 2. The first-order valence-electron chi connectivity index (χ1n) is 9.07. The molecule has 2 aromatic carbocycles. The Balaban J connectivity index is 1.90. The standard InChI is InChI=1S/C21H20ClN3O3/c1-21(2)10-17-19(18(26)11-21)20(12-4-3-5-14(8-12)25(27)28)24-16-9-13(22)6-7-15(16)23-17/h3-9,20,23-24H,10-11H2,1-2H3/t20-/m1/s1. The summed E-state index contributed by atoms with van der Waals surface area (Å²) >= 11 is 6.18. The number of nitrogens with zero attached hydrogens (tertiary/aromatic N) is 1. The minimum Gasteiger partial charge on any atom is -0.372 e. The Morgan fingerprint density at radius 2 is 1.93 bits per heavy atom. The largest absolute Gasteiger partial charge is 0.372 e. The summed E-state index contributed by atoms with van der Waals surface area (Å²) in [5.74, 6) is 0.0432. The highest BCUT2D eigenvalue weighted by Crippen LogP contribution is 2.46. The second-order valence-corrected chi connectivity index (χ2v) is 8.51. The van der Waals surface area contributed by atoms with Gasteiger partial charge in [0.15, 0.2) is 5.78 Å². The third-order valence-corrected chi connectivity index (χ3v) is 5.43. The van der Waals surface area contributed by atoms with Gasteiger partial charge in [0.2, 0.25) is 0 Å². The van der Waals surface area contributed by atoms with Crippen LogP contribution in [0.4, 0.5) is 17.1 Å². The number of nitro benzene ring substituents is 1. The summed E-state index contributed by atoms with van der Waals surface area (Å²) in [7, 11) is 0. The topological polar surface area (TPSA) is 84.3 Å². The van der Waals surface area contributed by atoms with Crippen molar-refractivity contribution >= 4 is 34.4 Å². The van der Waals surface area contributed by atoms with E-state index in [-0.39, 0.29) is 16.9 Å². The second-order valence-electron chi connectivity index (χ2n) is 8.08. The number of carbonyl (C=O) groups is 1. The number of allylic oxidation sites excluding steroid dienone is 1. The molecule has 0 amide bonds. The number of ketones is 1. The zero-order valence-corrected chi connectivity index (χ0v) is 16.3.